The molecule has 3 amide bonds. The number of nitrogens with one attached hydrogen (secondary N) is 2. The van der Waals surface area contributed by atoms with Crippen LogP contribution in [-0.4, -0.2) is 91.7 Å². The molecule has 0 bridgehead atoms. The number of ether oxygens (including phenoxy) is 2. The van der Waals surface area contributed by atoms with E-state index in [1.807, 2.05) is 29.2 Å². The number of amides is 3. The SMILES string of the molecule is COc1cccc(-c2ccc3c(c2)OCCC2(CCN(C(=O)NC4CCCCC4)CC2)NC(=O)[C@@H]2C[C@@H](O)CN2S3(=O)=O)c1. The molecule has 1 aliphatic carbocycles. The summed E-state index contributed by atoms with van der Waals surface area (Å²) < 4.78 is 40.7. The molecule has 3 N–H and O–H groups in total. The Balaban J connectivity index is 1.27. The van der Waals surface area contributed by atoms with Gasteiger partial charge in [0.15, 0.2) is 0 Å². The summed E-state index contributed by atoms with van der Waals surface area (Å²) in [6.45, 7) is 0.918. The predicted octanol–water partition coefficient (Wildman–Crippen LogP) is 3.26. The summed E-state index contributed by atoms with van der Waals surface area (Å²) in [6.07, 6.45) is 5.99. The third kappa shape index (κ3) is 6.25. The van der Waals surface area contributed by atoms with Crippen molar-refractivity contribution in [2.45, 2.75) is 86.4 Å². The van der Waals surface area contributed by atoms with Crippen molar-refractivity contribution in [3.05, 3.63) is 42.5 Å². The second kappa shape index (κ2) is 12.6. The zero-order valence-corrected chi connectivity index (χ0v) is 26.0. The van der Waals surface area contributed by atoms with Crippen molar-refractivity contribution >= 4 is 22.0 Å². The van der Waals surface area contributed by atoms with E-state index < -0.39 is 33.6 Å². The van der Waals surface area contributed by atoms with Gasteiger partial charge in [-0.2, -0.15) is 4.31 Å². The van der Waals surface area contributed by atoms with Crippen molar-refractivity contribution in [3.8, 4) is 22.6 Å². The van der Waals surface area contributed by atoms with Gasteiger partial charge < -0.3 is 30.1 Å². The summed E-state index contributed by atoms with van der Waals surface area (Å²) in [5, 5.41) is 16.9. The van der Waals surface area contributed by atoms with Crippen LogP contribution in [0.3, 0.4) is 0 Å². The van der Waals surface area contributed by atoms with Gasteiger partial charge in [-0.05, 0) is 61.1 Å². The van der Waals surface area contributed by atoms with Gasteiger partial charge >= 0.3 is 6.03 Å². The van der Waals surface area contributed by atoms with Crippen LogP contribution in [0.5, 0.6) is 11.5 Å². The maximum absolute atomic E-state index is 14.0. The number of urea groups is 1. The van der Waals surface area contributed by atoms with E-state index in [1.54, 1.807) is 19.2 Å². The first-order valence-corrected chi connectivity index (χ1v) is 17.1. The Morgan fingerprint density at radius 2 is 1.82 bits per heavy atom. The Kier molecular flexibility index (Phi) is 8.76. The maximum Gasteiger partial charge on any atom is 0.317 e. The van der Waals surface area contributed by atoms with E-state index >= 15 is 0 Å². The van der Waals surface area contributed by atoms with E-state index in [0.717, 1.165) is 41.1 Å². The highest BCUT2D eigenvalue weighted by Crippen LogP contribution is 2.38. The van der Waals surface area contributed by atoms with Crippen LogP contribution in [0.4, 0.5) is 4.79 Å². The van der Waals surface area contributed by atoms with Gasteiger partial charge in [-0.3, -0.25) is 4.79 Å². The number of aliphatic hydroxyl groups is 1. The first-order valence-electron chi connectivity index (χ1n) is 15.7. The van der Waals surface area contributed by atoms with E-state index in [0.29, 0.717) is 38.1 Å². The lowest BCUT2D eigenvalue weighted by Gasteiger charge is -2.43. The first-order chi connectivity index (χ1) is 21.2. The largest absolute Gasteiger partial charge is 0.497 e. The quantitative estimate of drug-likeness (QED) is 0.476. The number of piperidine rings is 1. The van der Waals surface area contributed by atoms with Crippen molar-refractivity contribution in [2.75, 3.05) is 33.4 Å². The first kappa shape index (κ1) is 30.7. The van der Waals surface area contributed by atoms with Crippen LogP contribution in [0, 0.1) is 0 Å². The van der Waals surface area contributed by atoms with Gasteiger partial charge in [0.25, 0.3) is 0 Å². The Hall–Kier alpha value is -3.35. The zero-order valence-electron chi connectivity index (χ0n) is 25.2. The van der Waals surface area contributed by atoms with E-state index in [1.165, 1.54) is 12.5 Å². The summed E-state index contributed by atoms with van der Waals surface area (Å²) in [5.41, 5.74) is 0.910. The number of fused-ring (bicyclic) bond motifs is 2. The Bertz CT molecular complexity index is 1490. The lowest BCUT2D eigenvalue weighted by Crippen LogP contribution is -2.60. The van der Waals surface area contributed by atoms with E-state index in [4.69, 9.17) is 9.47 Å². The summed E-state index contributed by atoms with van der Waals surface area (Å²) in [6, 6.07) is 11.5. The molecule has 4 aliphatic rings. The van der Waals surface area contributed by atoms with Gasteiger partial charge in [-0.15, -0.1) is 0 Å². The molecule has 44 heavy (non-hydrogen) atoms. The smallest absolute Gasteiger partial charge is 0.317 e. The minimum atomic E-state index is -4.19. The number of benzene rings is 2. The number of sulfonamides is 1. The minimum Gasteiger partial charge on any atom is -0.497 e. The second-order valence-corrected chi connectivity index (χ2v) is 14.4. The highest BCUT2D eigenvalue weighted by Gasteiger charge is 2.47. The predicted molar refractivity (Wildman–Crippen MR) is 164 cm³/mol. The molecule has 2 aromatic carbocycles. The van der Waals surface area contributed by atoms with Gasteiger partial charge in [0.05, 0.1) is 19.8 Å². The molecule has 2 atom stereocenters. The lowest BCUT2D eigenvalue weighted by molar-refractivity contribution is -0.127. The topological polar surface area (TPSA) is 138 Å². The van der Waals surface area contributed by atoms with Crippen LogP contribution < -0.4 is 20.1 Å². The van der Waals surface area contributed by atoms with E-state index in [2.05, 4.69) is 10.6 Å². The van der Waals surface area contributed by atoms with E-state index in [9.17, 15) is 23.1 Å². The molecular weight excluding hydrogens is 584 g/mol. The molecule has 2 saturated heterocycles. The number of carbonyl (C=O) groups is 2. The molecule has 0 unspecified atom stereocenters. The van der Waals surface area contributed by atoms with Crippen molar-refractivity contribution < 1.29 is 32.6 Å². The minimum absolute atomic E-state index is 0.00907. The molecule has 6 rings (SSSR count). The molecular formula is C32H42N4O7S. The number of aliphatic hydroxyl groups excluding tert-OH is 1. The average molecular weight is 627 g/mol. The number of methoxy groups -OCH3 is 1. The number of nitrogens with zero attached hydrogens (tertiary/aromatic N) is 2. The second-order valence-electron chi connectivity index (χ2n) is 12.5. The molecule has 0 aromatic heterocycles. The van der Waals surface area contributed by atoms with Crippen LogP contribution in [0.15, 0.2) is 47.4 Å². The van der Waals surface area contributed by atoms with Crippen LogP contribution in [0.25, 0.3) is 11.1 Å². The molecule has 11 nitrogen and oxygen atoms in total. The molecule has 3 fully saturated rings. The molecule has 1 spiro atoms. The van der Waals surface area contributed by atoms with Crippen molar-refractivity contribution in [1.29, 1.82) is 0 Å². The molecule has 2 aromatic rings. The van der Waals surface area contributed by atoms with E-state index in [-0.39, 0.29) is 42.3 Å². The zero-order chi connectivity index (χ0) is 30.9. The molecule has 12 heteroatoms. The van der Waals surface area contributed by atoms with Crippen LogP contribution >= 0.6 is 0 Å². The van der Waals surface area contributed by atoms with Crippen molar-refractivity contribution in [3.63, 3.8) is 0 Å². The fraction of sp³-hybridized carbons (Fsp3) is 0.562. The van der Waals surface area contributed by atoms with Gasteiger partial charge in [-0.1, -0.05) is 37.5 Å². The van der Waals surface area contributed by atoms with Gasteiger partial charge in [-0.25, -0.2) is 13.2 Å². The molecule has 1 saturated carbocycles. The number of carbonyl (C=O) groups excluding carboxylic acids is 2. The maximum atomic E-state index is 14.0. The van der Waals surface area contributed by atoms with Gasteiger partial charge in [0.1, 0.15) is 22.4 Å². The Labute approximate surface area is 258 Å². The van der Waals surface area contributed by atoms with Crippen molar-refractivity contribution in [1.82, 2.24) is 19.8 Å². The summed E-state index contributed by atoms with van der Waals surface area (Å²) in [7, 11) is -2.60. The third-order valence-corrected chi connectivity index (χ3v) is 11.6. The Morgan fingerprint density at radius 1 is 1.07 bits per heavy atom. The molecule has 3 aliphatic heterocycles. The third-order valence-electron chi connectivity index (χ3n) is 9.64. The van der Waals surface area contributed by atoms with Gasteiger partial charge in [0.2, 0.25) is 15.9 Å². The summed E-state index contributed by atoms with van der Waals surface area (Å²) in [4.78, 5) is 28.6. The van der Waals surface area contributed by atoms with Crippen LogP contribution in [0.2, 0.25) is 0 Å². The molecule has 3 heterocycles. The fourth-order valence-corrected chi connectivity index (χ4v) is 8.77. The molecule has 238 valence electrons. The summed E-state index contributed by atoms with van der Waals surface area (Å²) in [5.74, 6) is 0.438. The monoisotopic (exact) mass is 626 g/mol. The van der Waals surface area contributed by atoms with Crippen molar-refractivity contribution in [2.24, 2.45) is 0 Å². The van der Waals surface area contributed by atoms with Crippen LogP contribution in [-0.2, 0) is 14.8 Å². The summed E-state index contributed by atoms with van der Waals surface area (Å²) >= 11 is 0. The number of likely N-dealkylation sites (tertiary alicyclic amines) is 1. The highest BCUT2D eigenvalue weighted by molar-refractivity contribution is 7.89. The number of rotatable bonds is 3. The molecule has 0 radical (unpaired) electrons. The van der Waals surface area contributed by atoms with Crippen LogP contribution in [0.1, 0.15) is 57.8 Å². The Morgan fingerprint density at radius 3 is 2.57 bits per heavy atom. The lowest BCUT2D eigenvalue weighted by atomic mass is 9.84. The average Bonchev–Trinajstić information content (AvgIpc) is 3.44. The normalized spacial score (nSPS) is 25.6. The number of hydrogen-bond acceptors (Lipinski definition) is 7. The van der Waals surface area contributed by atoms with Gasteiger partial charge in [0, 0.05) is 44.1 Å². The fourth-order valence-electron chi connectivity index (χ4n) is 7.02. The number of hydrogen-bond donors (Lipinski definition) is 3. The standard InChI is InChI=1S/C32H42N4O7S/c1-42-26-9-5-6-22(18-26)23-10-11-29-28(19-23)43-17-14-32(34-30(38)27-20-25(37)21-36(27)44(29,40)41)12-15-35(16-13-32)31(39)33-24-7-3-2-4-8-24/h5-6,9-11,18-19,24-25,27,37H,2-4,7-8,12-17,20-21H2,1H3,(H,33,39)(H,34,38)/t25-,27+/m1/s1. The highest BCUT2D eigenvalue weighted by atomic mass is 32.2.